The maximum Gasteiger partial charge on any atom is 0.318 e. The summed E-state index contributed by atoms with van der Waals surface area (Å²) in [5.41, 5.74) is 1.64. The van der Waals surface area contributed by atoms with Gasteiger partial charge in [-0.3, -0.25) is 20.2 Å². The van der Waals surface area contributed by atoms with Crippen LogP contribution in [0, 0.1) is 20.2 Å². The summed E-state index contributed by atoms with van der Waals surface area (Å²) in [5, 5.41) is 22.0. The molecule has 3 aromatic carbocycles. The Morgan fingerprint density at radius 2 is 1.39 bits per heavy atom. The number of nitro groups is 2. The molecule has 0 aliphatic heterocycles. The summed E-state index contributed by atoms with van der Waals surface area (Å²) in [7, 11) is 0. The van der Waals surface area contributed by atoms with Gasteiger partial charge < -0.3 is 4.74 Å². The molecule has 0 atom stereocenters. The van der Waals surface area contributed by atoms with Crippen molar-refractivity contribution in [1.82, 2.24) is 0 Å². The van der Waals surface area contributed by atoms with Crippen LogP contribution in [0.15, 0.2) is 72.8 Å². The Labute approximate surface area is 161 Å². The van der Waals surface area contributed by atoms with E-state index in [1.807, 2.05) is 30.3 Å². The van der Waals surface area contributed by atoms with E-state index in [0.29, 0.717) is 5.75 Å². The molecule has 0 fully saturated rings. The van der Waals surface area contributed by atoms with E-state index < -0.39 is 15.5 Å². The number of ether oxygens (including phenoxy) is 1. The van der Waals surface area contributed by atoms with Crippen LogP contribution in [0.4, 0.5) is 11.4 Å². The molecule has 0 aromatic heterocycles. The highest BCUT2D eigenvalue weighted by atomic mass is 16.6. The van der Waals surface area contributed by atoms with E-state index in [9.17, 15) is 20.2 Å². The zero-order chi connectivity index (χ0) is 19.9. The minimum Gasteiger partial charge on any atom is -0.450 e. The van der Waals surface area contributed by atoms with Crippen molar-refractivity contribution in [2.45, 2.75) is 19.3 Å². The molecule has 0 N–H and O–H groups in total. The van der Waals surface area contributed by atoms with E-state index in [4.69, 9.17) is 4.74 Å². The van der Waals surface area contributed by atoms with Gasteiger partial charge in [0.05, 0.1) is 15.9 Å². The largest absolute Gasteiger partial charge is 0.450 e. The first-order valence-electron chi connectivity index (χ1n) is 8.76. The van der Waals surface area contributed by atoms with E-state index in [-0.39, 0.29) is 11.4 Å². The summed E-state index contributed by atoms with van der Waals surface area (Å²) in [4.78, 5) is 20.6. The number of hydrogen-bond donors (Lipinski definition) is 0. The summed E-state index contributed by atoms with van der Waals surface area (Å²) in [6, 6.07) is 20.9. The second-order valence-corrected chi connectivity index (χ2v) is 6.25. The number of nitrogens with zero attached hydrogens (tertiary/aromatic N) is 2. The van der Waals surface area contributed by atoms with Crippen molar-refractivity contribution in [2.75, 3.05) is 0 Å². The third-order valence-electron chi connectivity index (χ3n) is 4.27. The van der Waals surface area contributed by atoms with Crippen LogP contribution in [-0.4, -0.2) is 9.85 Å². The number of aryl methyl sites for hydroxylation is 2. The van der Waals surface area contributed by atoms with Gasteiger partial charge in [0.25, 0.3) is 5.69 Å². The summed E-state index contributed by atoms with van der Waals surface area (Å²) in [5.74, 6) is 0.399. The monoisotopic (exact) mass is 378 g/mol. The Balaban J connectivity index is 1.64. The summed E-state index contributed by atoms with van der Waals surface area (Å²) in [6.07, 6.45) is 2.92. The number of benzene rings is 3. The highest BCUT2D eigenvalue weighted by molar-refractivity contribution is 5.54. The maximum absolute atomic E-state index is 11.2. The minimum atomic E-state index is -0.694. The Bertz CT molecular complexity index is 972. The molecule has 0 aliphatic carbocycles. The van der Waals surface area contributed by atoms with Crippen LogP contribution in [0.3, 0.4) is 0 Å². The van der Waals surface area contributed by atoms with Gasteiger partial charge in [0.1, 0.15) is 5.75 Å². The molecule has 142 valence electrons. The predicted molar refractivity (Wildman–Crippen MR) is 105 cm³/mol. The van der Waals surface area contributed by atoms with Crippen LogP contribution in [0.25, 0.3) is 0 Å². The van der Waals surface area contributed by atoms with Gasteiger partial charge in [-0.15, -0.1) is 0 Å². The van der Waals surface area contributed by atoms with Gasteiger partial charge in [-0.05, 0) is 48.6 Å². The fraction of sp³-hybridized carbons (Fsp3) is 0.143. The van der Waals surface area contributed by atoms with Crippen molar-refractivity contribution in [2.24, 2.45) is 0 Å². The van der Waals surface area contributed by atoms with Crippen molar-refractivity contribution in [3.63, 3.8) is 0 Å². The molecule has 3 aromatic rings. The molecule has 0 saturated heterocycles. The fourth-order valence-corrected chi connectivity index (χ4v) is 2.84. The van der Waals surface area contributed by atoms with Crippen LogP contribution in [0.5, 0.6) is 11.5 Å². The number of hydrogen-bond acceptors (Lipinski definition) is 5. The van der Waals surface area contributed by atoms with E-state index in [2.05, 4.69) is 12.1 Å². The normalized spacial score (nSPS) is 10.4. The standard InChI is InChI=1S/C21H18N2O5/c24-22(25)18-11-14-21(20(15-18)23(26)27)28-19-12-9-17(10-13-19)8-4-7-16-5-2-1-3-6-16/h1-3,5-6,9-15H,4,7-8H2. The molecular formula is C21H18N2O5. The predicted octanol–water partition coefficient (Wildman–Crippen LogP) is 5.47. The Morgan fingerprint density at radius 3 is 2.00 bits per heavy atom. The molecule has 0 saturated carbocycles. The molecule has 0 unspecified atom stereocenters. The van der Waals surface area contributed by atoms with Crippen LogP contribution >= 0.6 is 0 Å². The molecule has 0 amide bonds. The van der Waals surface area contributed by atoms with Crippen LogP contribution in [-0.2, 0) is 12.8 Å². The second kappa shape index (κ2) is 8.77. The number of non-ortho nitro benzene ring substituents is 1. The highest BCUT2D eigenvalue weighted by Crippen LogP contribution is 2.34. The smallest absolute Gasteiger partial charge is 0.318 e. The molecule has 28 heavy (non-hydrogen) atoms. The molecule has 7 heteroatoms. The Kier molecular flexibility index (Phi) is 5.96. The SMILES string of the molecule is O=[N+]([O-])c1ccc(Oc2ccc(CCCc3ccccc3)cc2)c([N+](=O)[O-])c1. The lowest BCUT2D eigenvalue weighted by molar-refractivity contribution is -0.394. The van der Waals surface area contributed by atoms with Crippen molar-refractivity contribution in [3.8, 4) is 11.5 Å². The zero-order valence-corrected chi connectivity index (χ0v) is 15.0. The fourth-order valence-electron chi connectivity index (χ4n) is 2.84. The zero-order valence-electron chi connectivity index (χ0n) is 15.0. The lowest BCUT2D eigenvalue weighted by Crippen LogP contribution is -1.96. The summed E-state index contributed by atoms with van der Waals surface area (Å²) < 4.78 is 5.57. The minimum absolute atomic E-state index is 0.0348. The lowest BCUT2D eigenvalue weighted by Gasteiger charge is -2.08. The van der Waals surface area contributed by atoms with Gasteiger partial charge in [-0.1, -0.05) is 42.5 Å². The first kappa shape index (κ1) is 19.0. The first-order valence-corrected chi connectivity index (χ1v) is 8.76. The van der Waals surface area contributed by atoms with Crippen molar-refractivity contribution < 1.29 is 14.6 Å². The second-order valence-electron chi connectivity index (χ2n) is 6.25. The molecular weight excluding hydrogens is 360 g/mol. The third kappa shape index (κ3) is 4.91. The Hall–Kier alpha value is -3.74. The van der Waals surface area contributed by atoms with Crippen molar-refractivity contribution >= 4 is 11.4 Å². The van der Waals surface area contributed by atoms with Gasteiger partial charge in [0, 0.05) is 6.07 Å². The van der Waals surface area contributed by atoms with E-state index in [1.54, 1.807) is 12.1 Å². The van der Waals surface area contributed by atoms with E-state index in [1.165, 1.54) is 17.7 Å². The number of rotatable bonds is 8. The van der Waals surface area contributed by atoms with Crippen molar-refractivity contribution in [3.05, 3.63) is 104 Å². The summed E-state index contributed by atoms with van der Waals surface area (Å²) in [6.45, 7) is 0. The molecule has 7 nitrogen and oxygen atoms in total. The third-order valence-corrected chi connectivity index (χ3v) is 4.27. The van der Waals surface area contributed by atoms with Gasteiger partial charge >= 0.3 is 5.69 Å². The van der Waals surface area contributed by atoms with E-state index in [0.717, 1.165) is 30.9 Å². The topological polar surface area (TPSA) is 95.5 Å². The van der Waals surface area contributed by atoms with Crippen LogP contribution < -0.4 is 4.74 Å². The first-order chi connectivity index (χ1) is 13.5. The molecule has 0 radical (unpaired) electrons. The maximum atomic E-state index is 11.2. The van der Waals surface area contributed by atoms with Gasteiger partial charge in [-0.2, -0.15) is 0 Å². The van der Waals surface area contributed by atoms with Crippen LogP contribution in [0.2, 0.25) is 0 Å². The Morgan fingerprint density at radius 1 is 0.750 bits per heavy atom. The quantitative estimate of drug-likeness (QED) is 0.382. The summed E-state index contributed by atoms with van der Waals surface area (Å²) >= 11 is 0. The molecule has 0 spiro atoms. The molecule has 3 rings (SSSR count). The molecule has 0 aliphatic rings. The van der Waals surface area contributed by atoms with Gasteiger partial charge in [0.15, 0.2) is 0 Å². The van der Waals surface area contributed by atoms with Crippen molar-refractivity contribution in [1.29, 1.82) is 0 Å². The van der Waals surface area contributed by atoms with Gasteiger partial charge in [-0.25, -0.2) is 0 Å². The highest BCUT2D eigenvalue weighted by Gasteiger charge is 2.21. The average molecular weight is 378 g/mol. The van der Waals surface area contributed by atoms with Gasteiger partial charge in [0.2, 0.25) is 5.75 Å². The molecule has 0 heterocycles. The number of nitro benzene ring substituents is 2. The average Bonchev–Trinajstić information content (AvgIpc) is 2.70. The lowest BCUT2D eigenvalue weighted by atomic mass is 10.0. The van der Waals surface area contributed by atoms with E-state index >= 15 is 0 Å². The van der Waals surface area contributed by atoms with Crippen LogP contribution in [0.1, 0.15) is 17.5 Å². The molecule has 0 bridgehead atoms.